The average molecular weight is 1230 g/mol. The Hall–Kier alpha value is 1.58. The molecule has 4 heterocycles. The van der Waals surface area contributed by atoms with Crippen LogP contribution in [0.5, 0.6) is 0 Å². The molecule has 2 aromatic carbocycles. The topological polar surface area (TPSA) is 98.4 Å². The van der Waals surface area contributed by atoms with E-state index < -0.39 is 16.9 Å². The SMILES string of the molecule is CC(=O)c1[c-]n2c(c(C)c1=O)C1=C(c3ccccc3C1)C(C)(C)C2(C)C.Cc1c2n([c-]c(C(=O)O)c1=O)C(C)(C)C(C)(C)C1=C2Cc2ccccc21.[Y].[Y].[Y].[Y].[Y].[Y]. The molecule has 2 aromatic heterocycles. The number of nitrogens with zero attached hydrogens (tertiary/aromatic N) is 2. The van der Waals surface area contributed by atoms with Gasteiger partial charge in [0.15, 0.2) is 0 Å². The standard InChI is InChI=1S/C23H24NO2.C22H22NO3.6Y/c1-13-20-17-11-15-9-7-8-10-16(15)19(17)22(3,4)23(5,6)24(20)12-18(14(2)25)21(13)26;1-12-18-15-10-13-8-6-7-9-14(13)17(15)21(2,3)22(4,5)23(18)11-16(19(12)24)20(25)26;;;;;;/h7-10H,11H2,1-6H3;6-9H,10H2,1-5H3,(H,25,26);;;;;;/q2*-1;;;;;;. The molecule has 0 saturated heterocycles. The van der Waals surface area contributed by atoms with Gasteiger partial charge in [-0.25, -0.2) is 0 Å². The summed E-state index contributed by atoms with van der Waals surface area (Å²) in [6.45, 7) is 22.4. The van der Waals surface area contributed by atoms with E-state index in [2.05, 4.69) is 109 Å². The number of pyridine rings is 2. The number of aromatic nitrogens is 2. The smallest absolute Gasteiger partial charge is 0.252 e. The van der Waals surface area contributed by atoms with Gasteiger partial charge in [-0.15, -0.1) is 0 Å². The van der Waals surface area contributed by atoms with Crippen LogP contribution >= 0.6 is 0 Å². The van der Waals surface area contributed by atoms with Gasteiger partial charge in [-0.2, -0.15) is 0 Å². The van der Waals surface area contributed by atoms with E-state index in [1.165, 1.54) is 45.9 Å². The molecule has 1 N–H and O–H groups in total. The van der Waals surface area contributed by atoms with Gasteiger partial charge in [-0.1, -0.05) is 125 Å². The van der Waals surface area contributed by atoms with E-state index in [0.29, 0.717) is 11.1 Å². The molecule has 4 aromatic rings. The Balaban J connectivity index is 0.000000526. The summed E-state index contributed by atoms with van der Waals surface area (Å²) in [6.07, 6.45) is 7.68. The number of hydrogen-bond acceptors (Lipinski definition) is 4. The number of Topliss-reactive ketones (excluding diaryl/α,β-unsaturated/α-hetero) is 1. The molecule has 0 amide bonds. The van der Waals surface area contributed by atoms with Gasteiger partial charge in [0.1, 0.15) is 10.9 Å². The Morgan fingerprint density at radius 2 is 0.914 bits per heavy atom. The van der Waals surface area contributed by atoms with Crippen LogP contribution in [0.1, 0.15) is 128 Å². The summed E-state index contributed by atoms with van der Waals surface area (Å²) >= 11 is 0. The number of allylic oxidation sites excluding steroid dienone is 4. The first-order valence-electron chi connectivity index (χ1n) is 18.0. The minimum atomic E-state index is -1.23. The van der Waals surface area contributed by atoms with E-state index in [1.54, 1.807) is 6.92 Å². The van der Waals surface area contributed by atoms with Gasteiger partial charge in [-0.3, -0.25) is 0 Å². The zero-order chi connectivity index (χ0) is 38.0. The summed E-state index contributed by atoms with van der Waals surface area (Å²) < 4.78 is 3.96. The molecule has 58 heavy (non-hydrogen) atoms. The van der Waals surface area contributed by atoms with Crippen LogP contribution < -0.4 is 10.9 Å². The summed E-state index contributed by atoms with van der Waals surface area (Å²) in [5.41, 5.74) is 10.9. The van der Waals surface area contributed by atoms with E-state index >= 15 is 0 Å². The van der Waals surface area contributed by atoms with Crippen LogP contribution in [0.25, 0.3) is 22.3 Å². The molecular weight excluding hydrogens is 1180 g/mol. The normalized spacial score (nSPS) is 17.0. The molecule has 0 saturated carbocycles. The fourth-order valence-electron chi connectivity index (χ4n) is 9.03. The maximum atomic E-state index is 12.8. The largest absolute Gasteiger partial charge is 0.521 e. The molecule has 0 spiro atoms. The third kappa shape index (κ3) is 8.70. The van der Waals surface area contributed by atoms with Gasteiger partial charge in [0.2, 0.25) is 0 Å². The van der Waals surface area contributed by atoms with Gasteiger partial charge in [0.05, 0.1) is 5.78 Å². The zero-order valence-corrected chi connectivity index (χ0v) is 52.5. The van der Waals surface area contributed by atoms with Crippen molar-refractivity contribution < 1.29 is 211 Å². The summed E-state index contributed by atoms with van der Waals surface area (Å²) in [5.74, 6) is -1.45. The van der Waals surface area contributed by atoms with Crippen molar-refractivity contribution in [3.8, 4) is 0 Å². The first-order valence-corrected chi connectivity index (χ1v) is 18.0. The van der Waals surface area contributed by atoms with Crippen molar-refractivity contribution in [2.45, 2.75) is 100 Å². The molecule has 2 aliphatic heterocycles. The van der Waals surface area contributed by atoms with Crippen LogP contribution in [-0.2, 0) is 220 Å². The zero-order valence-electron chi connectivity index (χ0n) is 35.5. The Morgan fingerprint density at radius 1 is 0.586 bits per heavy atom. The molecule has 7 nitrogen and oxygen atoms in total. The van der Waals surface area contributed by atoms with Gasteiger partial charge in [0, 0.05) is 218 Å². The second kappa shape index (κ2) is 20.4. The molecule has 2 aliphatic carbocycles. The van der Waals surface area contributed by atoms with Crippen molar-refractivity contribution in [3.05, 3.63) is 137 Å². The Morgan fingerprint density at radius 3 is 1.26 bits per heavy atom. The van der Waals surface area contributed by atoms with E-state index in [-0.39, 0.29) is 235 Å². The van der Waals surface area contributed by atoms with Crippen LogP contribution in [0.2, 0.25) is 0 Å². The maximum absolute atomic E-state index is 12.8. The molecule has 8 rings (SSSR count). The summed E-state index contributed by atoms with van der Waals surface area (Å²) in [6, 6.07) is 16.9. The third-order valence-corrected chi connectivity index (χ3v) is 13.2. The fourth-order valence-corrected chi connectivity index (χ4v) is 9.03. The average Bonchev–Trinajstić information content (AvgIpc) is 3.65. The first-order chi connectivity index (χ1) is 24.2. The third-order valence-electron chi connectivity index (χ3n) is 13.2. The number of fused-ring (bicyclic) bond motifs is 8. The van der Waals surface area contributed by atoms with Crippen molar-refractivity contribution in [2.24, 2.45) is 10.8 Å². The van der Waals surface area contributed by atoms with Gasteiger partial charge in [0.25, 0.3) is 5.97 Å². The number of carboxylic acid groups (broad SMARTS) is 1. The van der Waals surface area contributed by atoms with Crippen LogP contribution in [0.3, 0.4) is 0 Å². The number of carbonyl (C=O) groups excluding carboxylic acids is 1. The van der Waals surface area contributed by atoms with Crippen molar-refractivity contribution >= 4 is 34.0 Å². The van der Waals surface area contributed by atoms with Crippen LogP contribution in [0.15, 0.2) is 58.1 Å². The number of hydrogen-bond donors (Lipinski definition) is 1. The van der Waals surface area contributed by atoms with Gasteiger partial charge in [-0.05, 0) is 103 Å². The Labute approximate surface area is 493 Å². The van der Waals surface area contributed by atoms with Crippen LogP contribution in [-0.4, -0.2) is 26.0 Å². The number of carbonyl (C=O) groups is 2. The van der Waals surface area contributed by atoms with Crippen molar-refractivity contribution in [1.29, 1.82) is 0 Å². The van der Waals surface area contributed by atoms with Crippen LogP contribution in [0, 0.1) is 37.1 Å². The molecule has 0 unspecified atom stereocenters. The van der Waals surface area contributed by atoms with Crippen molar-refractivity contribution in [3.63, 3.8) is 0 Å². The van der Waals surface area contributed by atoms with Gasteiger partial charge < -0.3 is 33.4 Å². The number of aromatic carboxylic acids is 1. The van der Waals surface area contributed by atoms with Crippen molar-refractivity contribution in [1.82, 2.24) is 9.13 Å². The van der Waals surface area contributed by atoms with Gasteiger partial charge >= 0.3 is 0 Å². The van der Waals surface area contributed by atoms with E-state index in [0.717, 1.165) is 29.8 Å². The minimum absolute atomic E-state index is 0. The molecule has 0 bridgehead atoms. The van der Waals surface area contributed by atoms with E-state index in [9.17, 15) is 24.3 Å². The summed E-state index contributed by atoms with van der Waals surface area (Å²) in [7, 11) is 0. The van der Waals surface area contributed by atoms with E-state index in [4.69, 9.17) is 0 Å². The minimum Gasteiger partial charge on any atom is -0.521 e. The maximum Gasteiger partial charge on any atom is 0.252 e. The molecule has 6 radical (unpaired) electrons. The first kappa shape index (κ1) is 57.6. The second-order valence-electron chi connectivity index (χ2n) is 16.9. The fraction of sp³-hybridized carbons (Fsp3) is 0.378. The Bertz CT molecular complexity index is 2330. The second-order valence-corrected chi connectivity index (χ2v) is 16.9. The number of ketones is 1. The number of benzene rings is 2. The number of rotatable bonds is 2. The molecular formula is C45H46N2O5Y6-2. The molecule has 0 atom stereocenters. The predicted molar refractivity (Wildman–Crippen MR) is 206 cm³/mol. The van der Waals surface area contributed by atoms with E-state index in [1.807, 2.05) is 23.6 Å². The van der Waals surface area contributed by atoms with Crippen molar-refractivity contribution in [2.75, 3.05) is 0 Å². The molecule has 13 heteroatoms. The molecule has 4 aliphatic rings. The predicted octanol–water partition coefficient (Wildman–Crippen LogP) is 8.28. The molecule has 0 fully saturated rings. The Kier molecular flexibility index (Phi) is 20.3. The monoisotopic (exact) mass is 1230 g/mol. The van der Waals surface area contributed by atoms with Crippen LogP contribution in [0.4, 0.5) is 0 Å². The number of carboxylic acids is 1. The summed E-state index contributed by atoms with van der Waals surface area (Å²) in [5, 5.41) is 9.46. The quantitative estimate of drug-likeness (QED) is 0.161. The molecule has 286 valence electrons. The summed E-state index contributed by atoms with van der Waals surface area (Å²) in [4.78, 5) is 49.1.